The maximum absolute atomic E-state index is 12.6. The first-order valence-corrected chi connectivity index (χ1v) is 4.09. The summed E-state index contributed by atoms with van der Waals surface area (Å²) in [6, 6.07) is 0. The summed E-state index contributed by atoms with van der Waals surface area (Å²) in [6.07, 6.45) is 1.01. The van der Waals surface area contributed by atoms with Crippen LogP contribution < -0.4 is 0 Å². The van der Waals surface area contributed by atoms with E-state index in [4.69, 9.17) is 5.26 Å². The fourth-order valence-electron chi connectivity index (χ4n) is 0.446. The van der Waals surface area contributed by atoms with Gasteiger partial charge in [0.2, 0.25) is 0 Å². The molecular formula is C5HBrFN3S. The second-order valence-corrected chi connectivity index (χ2v) is 2.97. The molecule has 0 aromatic carbocycles. The first-order chi connectivity index (χ1) is 5.24. The summed E-state index contributed by atoms with van der Waals surface area (Å²) in [5, 5.41) is 9.96. The zero-order valence-electron chi connectivity index (χ0n) is 5.08. The summed E-state index contributed by atoms with van der Waals surface area (Å²) in [6.45, 7) is 0. The molecule has 6 heteroatoms. The predicted molar refractivity (Wildman–Crippen MR) is 41.2 cm³/mol. The standard InChI is InChI=1S/C5HBrFN3S/c6-5-9-1-3(7)4(10-5)11-2-8/h1H. The van der Waals surface area contributed by atoms with Crippen LogP contribution in [0.3, 0.4) is 0 Å². The number of nitriles is 1. The van der Waals surface area contributed by atoms with Crippen LogP contribution in [-0.2, 0) is 0 Å². The lowest BCUT2D eigenvalue weighted by molar-refractivity contribution is 0.576. The van der Waals surface area contributed by atoms with Gasteiger partial charge in [-0.1, -0.05) is 0 Å². The van der Waals surface area contributed by atoms with Gasteiger partial charge in [-0.25, -0.2) is 14.4 Å². The van der Waals surface area contributed by atoms with E-state index in [0.717, 1.165) is 6.20 Å². The van der Waals surface area contributed by atoms with Crippen molar-refractivity contribution in [3.63, 3.8) is 0 Å². The van der Waals surface area contributed by atoms with Crippen molar-refractivity contribution >= 4 is 27.7 Å². The van der Waals surface area contributed by atoms with Gasteiger partial charge in [0, 0.05) is 11.8 Å². The summed E-state index contributed by atoms with van der Waals surface area (Å²) in [5.74, 6) is -0.584. The molecule has 3 nitrogen and oxygen atoms in total. The minimum absolute atomic E-state index is 0.0365. The van der Waals surface area contributed by atoms with Gasteiger partial charge in [-0.3, -0.25) is 0 Å². The fourth-order valence-corrected chi connectivity index (χ4v) is 1.21. The maximum Gasteiger partial charge on any atom is 0.197 e. The molecule has 0 saturated carbocycles. The zero-order chi connectivity index (χ0) is 8.27. The van der Waals surface area contributed by atoms with Gasteiger partial charge in [0.25, 0.3) is 0 Å². The van der Waals surface area contributed by atoms with E-state index in [2.05, 4.69) is 25.9 Å². The van der Waals surface area contributed by atoms with Gasteiger partial charge in [0.05, 0.1) is 6.20 Å². The van der Waals surface area contributed by atoms with E-state index in [9.17, 15) is 4.39 Å². The molecular weight excluding hydrogens is 233 g/mol. The Morgan fingerprint density at radius 1 is 1.73 bits per heavy atom. The lowest BCUT2D eigenvalue weighted by Gasteiger charge is -1.93. The molecule has 0 saturated heterocycles. The molecule has 11 heavy (non-hydrogen) atoms. The van der Waals surface area contributed by atoms with Crippen molar-refractivity contribution in [1.29, 1.82) is 5.26 Å². The fraction of sp³-hybridized carbons (Fsp3) is 0. The third kappa shape index (κ3) is 2.13. The molecule has 1 heterocycles. The van der Waals surface area contributed by atoms with Gasteiger partial charge < -0.3 is 0 Å². The molecule has 0 N–H and O–H groups in total. The van der Waals surface area contributed by atoms with E-state index in [1.807, 2.05) is 0 Å². The average Bonchev–Trinajstić information content (AvgIpc) is 1.98. The molecule has 1 aromatic heterocycles. The van der Waals surface area contributed by atoms with Gasteiger partial charge in [-0.2, -0.15) is 5.26 Å². The van der Waals surface area contributed by atoms with Crippen molar-refractivity contribution < 1.29 is 4.39 Å². The van der Waals surface area contributed by atoms with Gasteiger partial charge >= 0.3 is 0 Å². The first-order valence-electron chi connectivity index (χ1n) is 2.48. The number of nitrogens with zero attached hydrogens (tertiary/aromatic N) is 3. The molecule has 0 atom stereocenters. The normalized spacial score (nSPS) is 9.18. The molecule has 0 bridgehead atoms. The Morgan fingerprint density at radius 3 is 3.09 bits per heavy atom. The van der Waals surface area contributed by atoms with Crippen LogP contribution in [0, 0.1) is 16.5 Å². The van der Waals surface area contributed by atoms with Crippen molar-refractivity contribution in [2.75, 3.05) is 0 Å². The molecule has 0 amide bonds. The molecule has 1 aromatic rings. The second kappa shape index (κ2) is 3.64. The van der Waals surface area contributed by atoms with Crippen LogP contribution in [0.1, 0.15) is 0 Å². The van der Waals surface area contributed by atoms with Crippen LogP contribution in [0.5, 0.6) is 0 Å². The van der Waals surface area contributed by atoms with Gasteiger partial charge in [-0.15, -0.1) is 0 Å². The Balaban J connectivity index is 3.05. The van der Waals surface area contributed by atoms with E-state index in [1.165, 1.54) is 0 Å². The zero-order valence-corrected chi connectivity index (χ0v) is 7.49. The summed E-state index contributed by atoms with van der Waals surface area (Å²) in [4.78, 5) is 7.16. The smallest absolute Gasteiger partial charge is 0.197 e. The number of hydrogen-bond acceptors (Lipinski definition) is 4. The predicted octanol–water partition coefficient (Wildman–Crippen LogP) is 1.95. The molecule has 56 valence electrons. The number of thioether (sulfide) groups is 1. The highest BCUT2D eigenvalue weighted by molar-refractivity contribution is 9.10. The van der Waals surface area contributed by atoms with Crippen molar-refractivity contribution in [1.82, 2.24) is 9.97 Å². The lowest BCUT2D eigenvalue weighted by atomic mass is 10.6. The monoisotopic (exact) mass is 233 g/mol. The number of halogens is 2. The Labute approximate surface area is 74.8 Å². The molecule has 0 radical (unpaired) electrons. The lowest BCUT2D eigenvalue weighted by Crippen LogP contribution is -1.89. The quantitative estimate of drug-likeness (QED) is 0.322. The summed E-state index contributed by atoms with van der Waals surface area (Å²) in [5.41, 5.74) is 0. The molecule has 0 aliphatic rings. The molecule has 0 aliphatic carbocycles. The van der Waals surface area contributed by atoms with Crippen LogP contribution in [0.2, 0.25) is 0 Å². The highest BCUT2D eigenvalue weighted by Gasteiger charge is 2.04. The molecule has 0 aliphatic heterocycles. The van der Waals surface area contributed by atoms with Crippen LogP contribution in [-0.4, -0.2) is 9.97 Å². The largest absolute Gasteiger partial charge is 0.228 e. The summed E-state index contributed by atoms with van der Waals surface area (Å²) < 4.78 is 12.9. The van der Waals surface area contributed by atoms with Crippen molar-refractivity contribution in [2.45, 2.75) is 5.03 Å². The number of rotatable bonds is 1. The van der Waals surface area contributed by atoms with Crippen LogP contribution >= 0.6 is 27.7 Å². The Kier molecular flexibility index (Phi) is 2.79. The molecule has 0 unspecified atom stereocenters. The van der Waals surface area contributed by atoms with E-state index in [1.54, 1.807) is 5.40 Å². The molecule has 0 fully saturated rings. The first kappa shape index (κ1) is 8.43. The third-order valence-electron chi connectivity index (χ3n) is 0.825. The van der Waals surface area contributed by atoms with Crippen molar-refractivity contribution in [2.24, 2.45) is 0 Å². The van der Waals surface area contributed by atoms with E-state index in [0.29, 0.717) is 11.8 Å². The molecule has 0 spiro atoms. The highest BCUT2D eigenvalue weighted by Crippen LogP contribution is 2.18. The van der Waals surface area contributed by atoms with Crippen molar-refractivity contribution in [3.05, 3.63) is 16.7 Å². The minimum Gasteiger partial charge on any atom is -0.228 e. The SMILES string of the molecule is N#CSc1nc(Br)ncc1F. The summed E-state index contributed by atoms with van der Waals surface area (Å²) >= 11 is 3.62. The Bertz CT molecular complexity index is 311. The Hall–Kier alpha value is -0.670. The maximum atomic E-state index is 12.6. The summed E-state index contributed by atoms with van der Waals surface area (Å²) in [7, 11) is 0. The van der Waals surface area contributed by atoms with Gasteiger partial charge in [0.15, 0.2) is 15.6 Å². The van der Waals surface area contributed by atoms with Crippen LogP contribution in [0.25, 0.3) is 0 Å². The average molecular weight is 234 g/mol. The third-order valence-corrected chi connectivity index (χ3v) is 1.78. The molecule has 1 rings (SSSR count). The second-order valence-electron chi connectivity index (χ2n) is 1.49. The van der Waals surface area contributed by atoms with E-state index in [-0.39, 0.29) is 9.76 Å². The van der Waals surface area contributed by atoms with Crippen LogP contribution in [0.4, 0.5) is 4.39 Å². The van der Waals surface area contributed by atoms with E-state index >= 15 is 0 Å². The van der Waals surface area contributed by atoms with E-state index < -0.39 is 5.82 Å². The number of thiocyanates is 1. The topological polar surface area (TPSA) is 49.6 Å². The van der Waals surface area contributed by atoms with Crippen molar-refractivity contribution in [3.8, 4) is 5.40 Å². The minimum atomic E-state index is -0.584. The Morgan fingerprint density at radius 2 is 2.45 bits per heavy atom. The van der Waals surface area contributed by atoms with Crippen LogP contribution in [0.15, 0.2) is 16.0 Å². The number of aromatic nitrogens is 2. The van der Waals surface area contributed by atoms with Gasteiger partial charge in [-0.05, 0) is 15.9 Å². The van der Waals surface area contributed by atoms with Gasteiger partial charge in [0.1, 0.15) is 5.40 Å². The number of hydrogen-bond donors (Lipinski definition) is 0. The highest BCUT2D eigenvalue weighted by atomic mass is 79.9.